The zero-order valence-electron chi connectivity index (χ0n) is 16.5. The van der Waals surface area contributed by atoms with Crippen LogP contribution < -0.4 is 0 Å². The van der Waals surface area contributed by atoms with E-state index in [1.165, 1.54) is 7.11 Å². The summed E-state index contributed by atoms with van der Waals surface area (Å²) in [4.78, 5) is 23.7. The molecular weight excluding hydrogens is 344 g/mol. The number of benzene rings is 1. The number of rotatable bonds is 11. The van der Waals surface area contributed by atoms with Gasteiger partial charge in [-0.3, -0.25) is 9.80 Å². The Morgan fingerprint density at radius 1 is 1.19 bits per heavy atom. The fourth-order valence-electron chi connectivity index (χ4n) is 3.38. The maximum absolute atomic E-state index is 12.2. The summed E-state index contributed by atoms with van der Waals surface area (Å²) in [6.07, 6.45) is 5.76. The number of esters is 1. The highest BCUT2D eigenvalue weighted by Gasteiger charge is 2.28. The zero-order valence-corrected chi connectivity index (χ0v) is 16.5. The van der Waals surface area contributed by atoms with Crippen LogP contribution in [0.5, 0.6) is 0 Å². The van der Waals surface area contributed by atoms with Gasteiger partial charge >= 0.3 is 5.97 Å². The van der Waals surface area contributed by atoms with Crippen molar-refractivity contribution in [3.05, 3.63) is 35.4 Å². The van der Waals surface area contributed by atoms with E-state index in [-0.39, 0.29) is 18.0 Å². The Balaban J connectivity index is 1.79. The third-order valence-corrected chi connectivity index (χ3v) is 5.04. The van der Waals surface area contributed by atoms with Gasteiger partial charge in [0.05, 0.1) is 18.8 Å². The maximum Gasteiger partial charge on any atom is 0.337 e. The molecular formula is C21H32N2O4. The number of carbonyl (C=O) groups excluding carboxylic acids is 2. The quantitative estimate of drug-likeness (QED) is 0.602. The summed E-state index contributed by atoms with van der Waals surface area (Å²) in [6.45, 7) is 4.32. The van der Waals surface area contributed by atoms with Crippen molar-refractivity contribution in [2.75, 3.05) is 26.7 Å². The number of ether oxygens (including phenoxy) is 1. The number of aliphatic hydroxyl groups excluding tert-OH is 1. The molecule has 1 atom stereocenters. The van der Waals surface area contributed by atoms with Crippen LogP contribution in [-0.2, 0) is 16.0 Å². The van der Waals surface area contributed by atoms with Gasteiger partial charge in [-0.15, -0.1) is 0 Å². The van der Waals surface area contributed by atoms with E-state index in [2.05, 4.69) is 11.9 Å². The lowest BCUT2D eigenvalue weighted by Crippen LogP contribution is -2.41. The Labute approximate surface area is 162 Å². The molecule has 1 unspecified atom stereocenters. The third kappa shape index (κ3) is 6.63. The number of hydrogen-bond donors (Lipinski definition) is 1. The number of unbranched alkanes of at least 4 members (excludes halogenated alkanes) is 1. The number of aliphatic hydroxyl groups is 1. The van der Waals surface area contributed by atoms with Crippen LogP contribution in [0.1, 0.15) is 61.4 Å². The molecule has 0 aromatic heterocycles. The fourth-order valence-corrected chi connectivity index (χ4v) is 3.38. The number of nitrogens with zero attached hydrogens (tertiary/aromatic N) is 2. The van der Waals surface area contributed by atoms with Crippen molar-refractivity contribution in [2.24, 2.45) is 0 Å². The lowest BCUT2D eigenvalue weighted by atomic mass is 10.1. The van der Waals surface area contributed by atoms with Crippen LogP contribution in [0.15, 0.2) is 24.3 Å². The van der Waals surface area contributed by atoms with Crippen LogP contribution >= 0.6 is 0 Å². The van der Waals surface area contributed by atoms with Gasteiger partial charge < -0.3 is 9.84 Å². The highest BCUT2D eigenvalue weighted by molar-refractivity contribution is 5.89. The molecule has 0 radical (unpaired) electrons. The van der Waals surface area contributed by atoms with E-state index in [0.29, 0.717) is 18.5 Å². The summed E-state index contributed by atoms with van der Waals surface area (Å²) in [5.74, 6) is -0.184. The van der Waals surface area contributed by atoms with Gasteiger partial charge in [0.1, 0.15) is 0 Å². The summed E-state index contributed by atoms with van der Waals surface area (Å²) < 4.78 is 4.71. The molecule has 1 aromatic rings. The topological polar surface area (TPSA) is 70.1 Å². The van der Waals surface area contributed by atoms with E-state index in [9.17, 15) is 14.7 Å². The van der Waals surface area contributed by atoms with Gasteiger partial charge in [0, 0.05) is 26.1 Å². The maximum atomic E-state index is 12.2. The van der Waals surface area contributed by atoms with Gasteiger partial charge in [0.15, 0.2) is 0 Å². The molecule has 2 rings (SSSR count). The van der Waals surface area contributed by atoms with Crippen molar-refractivity contribution in [3.63, 3.8) is 0 Å². The van der Waals surface area contributed by atoms with Crippen molar-refractivity contribution < 1.29 is 19.4 Å². The molecule has 1 amide bonds. The fraction of sp³-hybridized carbons (Fsp3) is 0.619. The summed E-state index contributed by atoms with van der Waals surface area (Å²) in [5.41, 5.74) is 1.61. The summed E-state index contributed by atoms with van der Waals surface area (Å²) >= 11 is 0. The lowest BCUT2D eigenvalue weighted by Gasteiger charge is -2.28. The van der Waals surface area contributed by atoms with E-state index in [0.717, 1.165) is 57.2 Å². The van der Waals surface area contributed by atoms with Crippen molar-refractivity contribution in [1.82, 2.24) is 10.0 Å². The molecule has 1 aliphatic rings. The first-order chi connectivity index (χ1) is 13.0. The Morgan fingerprint density at radius 2 is 1.89 bits per heavy atom. The van der Waals surface area contributed by atoms with E-state index in [4.69, 9.17) is 4.74 Å². The van der Waals surface area contributed by atoms with Crippen molar-refractivity contribution in [1.29, 1.82) is 0 Å². The second-order valence-corrected chi connectivity index (χ2v) is 7.10. The highest BCUT2D eigenvalue weighted by Crippen LogP contribution is 2.16. The smallest absolute Gasteiger partial charge is 0.337 e. The normalized spacial score (nSPS) is 16.0. The Bertz CT molecular complexity index is 603. The van der Waals surface area contributed by atoms with Crippen LogP contribution in [0.3, 0.4) is 0 Å². The minimum atomic E-state index is -0.344. The average molecular weight is 376 g/mol. The molecule has 0 aliphatic carbocycles. The molecule has 1 aliphatic heterocycles. The zero-order chi connectivity index (χ0) is 19.6. The van der Waals surface area contributed by atoms with E-state index < -0.39 is 0 Å². The highest BCUT2D eigenvalue weighted by atomic mass is 16.5. The molecule has 0 spiro atoms. The van der Waals surface area contributed by atoms with Crippen molar-refractivity contribution >= 4 is 11.9 Å². The molecule has 0 saturated carbocycles. The van der Waals surface area contributed by atoms with Crippen LogP contribution in [-0.4, -0.2) is 59.8 Å². The van der Waals surface area contributed by atoms with E-state index in [1.807, 2.05) is 17.1 Å². The number of carbonyl (C=O) groups is 2. The van der Waals surface area contributed by atoms with Gasteiger partial charge in [-0.05, 0) is 43.4 Å². The number of amides is 1. The predicted octanol–water partition coefficient (Wildman–Crippen LogP) is 2.80. The third-order valence-electron chi connectivity index (χ3n) is 5.04. The van der Waals surface area contributed by atoms with Crippen LogP contribution in [0.25, 0.3) is 0 Å². The first-order valence-corrected chi connectivity index (χ1v) is 9.95. The second kappa shape index (κ2) is 11.0. The van der Waals surface area contributed by atoms with E-state index >= 15 is 0 Å². The van der Waals surface area contributed by atoms with Gasteiger partial charge in [0.25, 0.3) is 0 Å². The number of hydrogen-bond acceptors (Lipinski definition) is 5. The molecule has 6 nitrogen and oxygen atoms in total. The molecule has 6 heteroatoms. The second-order valence-electron chi connectivity index (χ2n) is 7.10. The Kier molecular flexibility index (Phi) is 8.75. The number of hydrazine groups is 1. The predicted molar refractivity (Wildman–Crippen MR) is 104 cm³/mol. The summed E-state index contributed by atoms with van der Waals surface area (Å²) in [6, 6.07) is 7.31. The summed E-state index contributed by atoms with van der Waals surface area (Å²) in [7, 11) is 1.37. The molecule has 1 heterocycles. The standard InChI is InChI=1S/C21H32N2O4/c1-3-4-6-19(24)7-5-14-22-15-13-20(25)23(22)16-12-17-8-10-18(11-9-17)21(26)27-2/h8-11,19,24H,3-7,12-16H2,1-2H3. The van der Waals surface area contributed by atoms with Gasteiger partial charge in [-0.1, -0.05) is 31.9 Å². The SMILES string of the molecule is CCCCC(O)CCCN1CCC(=O)N1CCc1ccc(C(=O)OC)cc1. The lowest BCUT2D eigenvalue weighted by molar-refractivity contribution is -0.138. The van der Waals surface area contributed by atoms with Crippen molar-refractivity contribution in [2.45, 2.75) is 58.0 Å². The summed E-state index contributed by atoms with van der Waals surface area (Å²) in [5, 5.41) is 13.9. The number of methoxy groups -OCH3 is 1. The van der Waals surface area contributed by atoms with Crippen LogP contribution in [0.2, 0.25) is 0 Å². The first kappa shape index (κ1) is 21.4. The van der Waals surface area contributed by atoms with Gasteiger partial charge in [0.2, 0.25) is 5.91 Å². The van der Waals surface area contributed by atoms with Crippen LogP contribution in [0, 0.1) is 0 Å². The molecule has 27 heavy (non-hydrogen) atoms. The van der Waals surface area contributed by atoms with Gasteiger partial charge in [-0.25, -0.2) is 9.80 Å². The Morgan fingerprint density at radius 3 is 2.56 bits per heavy atom. The molecule has 1 N–H and O–H groups in total. The monoisotopic (exact) mass is 376 g/mol. The minimum absolute atomic E-state index is 0.160. The van der Waals surface area contributed by atoms with Gasteiger partial charge in [-0.2, -0.15) is 0 Å². The Hall–Kier alpha value is -1.92. The molecule has 1 aromatic carbocycles. The first-order valence-electron chi connectivity index (χ1n) is 9.95. The molecule has 0 bridgehead atoms. The minimum Gasteiger partial charge on any atom is -0.465 e. The molecule has 150 valence electrons. The molecule has 1 saturated heterocycles. The van der Waals surface area contributed by atoms with Crippen molar-refractivity contribution in [3.8, 4) is 0 Å². The van der Waals surface area contributed by atoms with E-state index in [1.54, 1.807) is 12.1 Å². The average Bonchev–Trinajstić information content (AvgIpc) is 3.04. The largest absolute Gasteiger partial charge is 0.465 e. The van der Waals surface area contributed by atoms with Crippen LogP contribution in [0.4, 0.5) is 0 Å². The molecule has 1 fully saturated rings.